The fourth-order valence-electron chi connectivity index (χ4n) is 3.95. The summed E-state index contributed by atoms with van der Waals surface area (Å²) in [5.74, 6) is 1.26. The van der Waals surface area contributed by atoms with Crippen LogP contribution in [-0.2, 0) is 4.79 Å². The van der Waals surface area contributed by atoms with Crippen LogP contribution in [0.4, 0.5) is 0 Å². The maximum atomic E-state index is 13.1. The predicted octanol–water partition coefficient (Wildman–Crippen LogP) is 4.29. The molecule has 0 unspecified atom stereocenters. The van der Waals surface area contributed by atoms with Gasteiger partial charge >= 0.3 is 0 Å². The summed E-state index contributed by atoms with van der Waals surface area (Å²) in [5.41, 5.74) is 1.03. The van der Waals surface area contributed by atoms with Gasteiger partial charge in [-0.15, -0.1) is 0 Å². The maximum Gasteiger partial charge on any atom is 0.276 e. The molecule has 31 heavy (non-hydrogen) atoms. The van der Waals surface area contributed by atoms with Crippen molar-refractivity contribution in [3.8, 4) is 17.1 Å². The minimum atomic E-state index is -0.225. The number of carbonyl (C=O) groups is 2. The lowest BCUT2D eigenvalue weighted by atomic mass is 9.95. The zero-order valence-electron chi connectivity index (χ0n) is 18.7. The van der Waals surface area contributed by atoms with Crippen LogP contribution in [0.15, 0.2) is 34.9 Å². The molecule has 2 amide bonds. The number of nitrogens with zero attached hydrogens (tertiary/aromatic N) is 2. The predicted molar refractivity (Wildman–Crippen MR) is 119 cm³/mol. The molecule has 0 radical (unpaired) electrons. The standard InChI is InChI=1S/C24H33N3O4/c1-17(2)16-27(13-12-23(28)25-19-9-5-4-6-10-19)24(29)21-15-22(31-26-21)18-8-7-11-20(14-18)30-3/h7-8,11,14-15,17,19H,4-6,9-10,12-13,16H2,1-3H3,(H,25,28). The Labute approximate surface area is 184 Å². The van der Waals surface area contributed by atoms with Gasteiger partial charge in [0, 0.05) is 37.2 Å². The maximum absolute atomic E-state index is 13.1. The van der Waals surface area contributed by atoms with Crippen LogP contribution in [0.5, 0.6) is 5.75 Å². The number of carbonyl (C=O) groups excluding carboxylic acids is 2. The first-order valence-electron chi connectivity index (χ1n) is 11.2. The Morgan fingerprint density at radius 3 is 2.71 bits per heavy atom. The molecule has 1 heterocycles. The molecular weight excluding hydrogens is 394 g/mol. The highest BCUT2D eigenvalue weighted by Crippen LogP contribution is 2.25. The van der Waals surface area contributed by atoms with Crippen molar-refractivity contribution in [2.45, 2.75) is 58.4 Å². The third-order valence-electron chi connectivity index (χ3n) is 5.54. The quantitative estimate of drug-likeness (QED) is 0.645. The molecule has 1 N–H and O–H groups in total. The number of aromatic nitrogens is 1. The number of methoxy groups -OCH3 is 1. The summed E-state index contributed by atoms with van der Waals surface area (Å²) in [4.78, 5) is 27.2. The Morgan fingerprint density at radius 2 is 2.00 bits per heavy atom. The van der Waals surface area contributed by atoms with Gasteiger partial charge in [0.15, 0.2) is 11.5 Å². The molecule has 1 saturated carbocycles. The summed E-state index contributed by atoms with van der Waals surface area (Å²) in [7, 11) is 1.60. The number of hydrogen-bond donors (Lipinski definition) is 1. The van der Waals surface area contributed by atoms with Gasteiger partial charge in [-0.05, 0) is 30.9 Å². The smallest absolute Gasteiger partial charge is 0.276 e. The van der Waals surface area contributed by atoms with Crippen molar-refractivity contribution in [3.63, 3.8) is 0 Å². The van der Waals surface area contributed by atoms with Gasteiger partial charge in [0.25, 0.3) is 5.91 Å². The zero-order valence-corrected chi connectivity index (χ0v) is 18.7. The normalized spacial score (nSPS) is 14.5. The van der Waals surface area contributed by atoms with Crippen molar-refractivity contribution < 1.29 is 18.8 Å². The van der Waals surface area contributed by atoms with E-state index in [9.17, 15) is 9.59 Å². The molecule has 0 spiro atoms. The molecule has 1 aliphatic carbocycles. The Bertz CT molecular complexity index is 871. The molecule has 7 nitrogen and oxygen atoms in total. The van der Waals surface area contributed by atoms with Gasteiger partial charge in [0.1, 0.15) is 5.75 Å². The van der Waals surface area contributed by atoms with Crippen LogP contribution in [-0.4, -0.2) is 48.1 Å². The Kier molecular flexibility index (Phi) is 8.09. The van der Waals surface area contributed by atoms with E-state index in [2.05, 4.69) is 10.5 Å². The summed E-state index contributed by atoms with van der Waals surface area (Å²) in [6, 6.07) is 9.32. The van der Waals surface area contributed by atoms with E-state index in [1.165, 1.54) is 19.3 Å². The summed E-state index contributed by atoms with van der Waals surface area (Å²) >= 11 is 0. The highest BCUT2D eigenvalue weighted by atomic mass is 16.5. The number of ether oxygens (including phenoxy) is 1. The first-order valence-corrected chi connectivity index (χ1v) is 11.2. The number of benzene rings is 1. The lowest BCUT2D eigenvalue weighted by Gasteiger charge is -2.25. The molecule has 3 rings (SSSR count). The second kappa shape index (κ2) is 11.0. The molecule has 1 aliphatic rings. The van der Waals surface area contributed by atoms with Crippen LogP contribution < -0.4 is 10.1 Å². The lowest BCUT2D eigenvalue weighted by molar-refractivity contribution is -0.122. The summed E-state index contributed by atoms with van der Waals surface area (Å²) < 4.78 is 10.7. The fraction of sp³-hybridized carbons (Fsp3) is 0.542. The summed E-state index contributed by atoms with van der Waals surface area (Å²) in [5, 5.41) is 7.11. The molecule has 0 aliphatic heterocycles. The monoisotopic (exact) mass is 427 g/mol. The lowest BCUT2D eigenvalue weighted by Crippen LogP contribution is -2.40. The van der Waals surface area contributed by atoms with Crippen LogP contribution in [0.2, 0.25) is 0 Å². The highest BCUT2D eigenvalue weighted by Gasteiger charge is 2.23. The van der Waals surface area contributed by atoms with Crippen molar-refractivity contribution in [1.82, 2.24) is 15.4 Å². The van der Waals surface area contributed by atoms with Crippen LogP contribution in [0, 0.1) is 5.92 Å². The van der Waals surface area contributed by atoms with Crippen LogP contribution >= 0.6 is 0 Å². The molecule has 0 saturated heterocycles. The van der Waals surface area contributed by atoms with Crippen LogP contribution in [0.25, 0.3) is 11.3 Å². The zero-order chi connectivity index (χ0) is 22.2. The molecule has 1 aromatic carbocycles. The summed E-state index contributed by atoms with van der Waals surface area (Å²) in [6.07, 6.45) is 5.97. The average Bonchev–Trinajstić information content (AvgIpc) is 3.27. The van der Waals surface area contributed by atoms with Crippen molar-refractivity contribution >= 4 is 11.8 Å². The van der Waals surface area contributed by atoms with E-state index in [-0.39, 0.29) is 35.9 Å². The summed E-state index contributed by atoms with van der Waals surface area (Å²) in [6.45, 7) is 5.01. The molecule has 7 heteroatoms. The number of nitrogens with one attached hydrogen (secondary N) is 1. The fourth-order valence-corrected chi connectivity index (χ4v) is 3.95. The molecule has 0 bridgehead atoms. The molecule has 0 atom stereocenters. The molecule has 1 aromatic heterocycles. The van der Waals surface area contributed by atoms with Crippen molar-refractivity contribution in [2.75, 3.05) is 20.2 Å². The third-order valence-corrected chi connectivity index (χ3v) is 5.54. The number of hydrogen-bond acceptors (Lipinski definition) is 5. The van der Waals surface area contributed by atoms with Crippen LogP contribution in [0.1, 0.15) is 62.9 Å². The number of rotatable bonds is 9. The highest BCUT2D eigenvalue weighted by molar-refractivity contribution is 5.93. The van der Waals surface area contributed by atoms with E-state index >= 15 is 0 Å². The molecule has 168 valence electrons. The van der Waals surface area contributed by atoms with E-state index in [1.807, 2.05) is 38.1 Å². The first-order chi connectivity index (χ1) is 15.0. The van der Waals surface area contributed by atoms with Gasteiger partial charge in [0.2, 0.25) is 5.91 Å². The van der Waals surface area contributed by atoms with E-state index in [4.69, 9.17) is 9.26 Å². The minimum Gasteiger partial charge on any atom is -0.497 e. The second-order valence-corrected chi connectivity index (χ2v) is 8.61. The van der Waals surface area contributed by atoms with E-state index < -0.39 is 0 Å². The average molecular weight is 428 g/mol. The second-order valence-electron chi connectivity index (χ2n) is 8.61. The van der Waals surface area contributed by atoms with Crippen molar-refractivity contribution in [3.05, 3.63) is 36.0 Å². The van der Waals surface area contributed by atoms with Crippen LogP contribution in [0.3, 0.4) is 0 Å². The van der Waals surface area contributed by atoms with Crippen molar-refractivity contribution in [1.29, 1.82) is 0 Å². The van der Waals surface area contributed by atoms with Gasteiger partial charge < -0.3 is 19.5 Å². The Hall–Kier alpha value is -2.83. The van der Waals surface area contributed by atoms with E-state index in [0.717, 1.165) is 18.4 Å². The van der Waals surface area contributed by atoms with Gasteiger partial charge in [-0.25, -0.2) is 0 Å². The largest absolute Gasteiger partial charge is 0.497 e. The van der Waals surface area contributed by atoms with Gasteiger partial charge in [-0.2, -0.15) is 0 Å². The third kappa shape index (κ3) is 6.57. The van der Waals surface area contributed by atoms with E-state index in [1.54, 1.807) is 18.1 Å². The minimum absolute atomic E-state index is 0.00526. The van der Waals surface area contributed by atoms with E-state index in [0.29, 0.717) is 24.6 Å². The first kappa shape index (κ1) is 22.8. The van der Waals surface area contributed by atoms with Gasteiger partial charge in [0.05, 0.1) is 7.11 Å². The Balaban J connectivity index is 1.64. The topological polar surface area (TPSA) is 84.7 Å². The number of amides is 2. The molecule has 1 fully saturated rings. The van der Waals surface area contributed by atoms with Gasteiger partial charge in [-0.3, -0.25) is 9.59 Å². The van der Waals surface area contributed by atoms with Crippen molar-refractivity contribution in [2.24, 2.45) is 5.92 Å². The SMILES string of the molecule is COc1cccc(-c2cc(C(=O)N(CCC(=O)NC3CCCCC3)CC(C)C)no2)c1. The van der Waals surface area contributed by atoms with Gasteiger partial charge in [-0.1, -0.05) is 50.4 Å². The molecule has 2 aromatic rings. The Morgan fingerprint density at radius 1 is 1.23 bits per heavy atom. The molecular formula is C24H33N3O4.